The topological polar surface area (TPSA) is 15.3 Å². The highest BCUT2D eigenvalue weighted by Gasteiger charge is 1.81. The fourth-order valence-corrected chi connectivity index (χ4v) is 1.01. The van der Waals surface area contributed by atoms with Crippen LogP contribution in [0, 0.1) is 0 Å². The monoisotopic (exact) mass is 118 g/mol. The van der Waals surface area contributed by atoms with Crippen molar-refractivity contribution in [1.29, 1.82) is 0 Å². The van der Waals surface area contributed by atoms with Crippen molar-refractivity contribution >= 4 is 9.68 Å². The van der Waals surface area contributed by atoms with E-state index in [1.165, 1.54) is 6.04 Å². The Labute approximate surface area is 47.8 Å². The molecule has 0 bridgehead atoms. The molecule has 0 aliphatic carbocycles. The molecular formula is C4H14N2Si. The van der Waals surface area contributed by atoms with Crippen molar-refractivity contribution in [2.45, 2.75) is 13.0 Å². The van der Waals surface area contributed by atoms with E-state index in [1.54, 1.807) is 0 Å². The number of nitrogens with zero attached hydrogens (tertiary/aromatic N) is 1. The smallest absolute Gasteiger partial charge is 0.110 e. The molecule has 0 heterocycles. The Morgan fingerprint density at radius 3 is 2.29 bits per heavy atom. The summed E-state index contributed by atoms with van der Waals surface area (Å²) in [7, 11) is 4.11. The average molecular weight is 118 g/mol. The van der Waals surface area contributed by atoms with Crippen molar-refractivity contribution in [2.75, 3.05) is 14.1 Å². The minimum Gasteiger partial charge on any atom is -0.284 e. The lowest BCUT2D eigenvalue weighted by atomic mass is 11.0. The first kappa shape index (κ1) is 7.14. The van der Waals surface area contributed by atoms with E-state index in [9.17, 15) is 0 Å². The van der Waals surface area contributed by atoms with E-state index >= 15 is 0 Å². The second-order valence-corrected chi connectivity index (χ2v) is 3.62. The van der Waals surface area contributed by atoms with Gasteiger partial charge in [0.1, 0.15) is 9.68 Å². The van der Waals surface area contributed by atoms with Gasteiger partial charge in [0.05, 0.1) is 0 Å². The predicted octanol–water partition coefficient (Wildman–Crippen LogP) is -0.425. The molecule has 0 aliphatic rings. The lowest BCUT2D eigenvalue weighted by Crippen LogP contribution is -2.32. The van der Waals surface area contributed by atoms with Gasteiger partial charge in [-0.3, -0.25) is 10.1 Å². The third-order valence-corrected chi connectivity index (χ3v) is 2.03. The van der Waals surface area contributed by atoms with Crippen LogP contribution in [0.1, 0.15) is 6.92 Å². The van der Waals surface area contributed by atoms with Crippen LogP contribution in [0.15, 0.2) is 0 Å². The van der Waals surface area contributed by atoms with Crippen molar-refractivity contribution in [2.24, 2.45) is 0 Å². The first-order valence-corrected chi connectivity index (χ1v) is 4.39. The van der Waals surface area contributed by atoms with Crippen LogP contribution in [0.5, 0.6) is 0 Å². The molecule has 7 heavy (non-hydrogen) atoms. The predicted molar refractivity (Wildman–Crippen MR) is 35.8 cm³/mol. The molecule has 0 atom stereocenters. The molecule has 0 spiro atoms. The van der Waals surface area contributed by atoms with Crippen molar-refractivity contribution in [3.8, 4) is 0 Å². The molecule has 0 rings (SSSR count). The zero-order chi connectivity index (χ0) is 5.70. The van der Waals surface area contributed by atoms with Crippen molar-refractivity contribution in [3.05, 3.63) is 0 Å². The molecule has 2 nitrogen and oxygen atoms in total. The Kier molecular flexibility index (Phi) is 4.38. The number of hydrogen-bond acceptors (Lipinski definition) is 2. The zero-order valence-corrected chi connectivity index (χ0v) is 6.78. The summed E-state index contributed by atoms with van der Waals surface area (Å²) in [6.45, 7) is 2.21. The zero-order valence-electron chi connectivity index (χ0n) is 5.36. The molecule has 0 aliphatic heterocycles. The summed E-state index contributed by atoms with van der Waals surface area (Å²) in [5.74, 6) is 0. The highest BCUT2D eigenvalue weighted by Crippen LogP contribution is 1.67. The Morgan fingerprint density at radius 1 is 1.57 bits per heavy atom. The van der Waals surface area contributed by atoms with Gasteiger partial charge in [-0.25, -0.2) is 0 Å². The molecule has 1 N–H and O–H groups in total. The van der Waals surface area contributed by atoms with E-state index in [0.29, 0.717) is 0 Å². The normalized spacial score (nSPS) is 12.0. The minimum atomic E-state index is 0.0502. The maximum Gasteiger partial charge on any atom is 0.110 e. The van der Waals surface area contributed by atoms with Gasteiger partial charge in [-0.05, 0) is 0 Å². The molecular weight excluding hydrogens is 104 g/mol. The molecule has 0 aromatic carbocycles. The van der Waals surface area contributed by atoms with Crippen LogP contribution < -0.4 is 5.09 Å². The molecule has 0 aromatic heterocycles. The van der Waals surface area contributed by atoms with Gasteiger partial charge in [0.25, 0.3) is 0 Å². The van der Waals surface area contributed by atoms with E-state index < -0.39 is 0 Å². The number of hydrazine groups is 1. The van der Waals surface area contributed by atoms with Crippen LogP contribution in [0.2, 0.25) is 6.04 Å². The van der Waals surface area contributed by atoms with Gasteiger partial charge < -0.3 is 0 Å². The third kappa shape index (κ3) is 6.14. The second kappa shape index (κ2) is 4.30. The van der Waals surface area contributed by atoms with Gasteiger partial charge in [0.15, 0.2) is 0 Å². The molecule has 3 heteroatoms. The van der Waals surface area contributed by atoms with Crippen molar-refractivity contribution in [3.63, 3.8) is 0 Å². The second-order valence-electron chi connectivity index (χ2n) is 1.80. The van der Waals surface area contributed by atoms with E-state index in [0.717, 1.165) is 0 Å². The highest BCUT2D eigenvalue weighted by atomic mass is 28.2. The summed E-state index contributed by atoms with van der Waals surface area (Å²) in [6.07, 6.45) is 0. The largest absolute Gasteiger partial charge is 0.284 e. The van der Waals surface area contributed by atoms with Gasteiger partial charge in [-0.2, -0.15) is 0 Å². The summed E-state index contributed by atoms with van der Waals surface area (Å²) in [4.78, 5) is 0. The molecule has 0 saturated heterocycles. The van der Waals surface area contributed by atoms with E-state index in [4.69, 9.17) is 0 Å². The van der Waals surface area contributed by atoms with Crippen LogP contribution in [0.25, 0.3) is 0 Å². The summed E-state index contributed by atoms with van der Waals surface area (Å²) in [6, 6.07) is 1.33. The number of rotatable bonds is 3. The van der Waals surface area contributed by atoms with Gasteiger partial charge in [0.2, 0.25) is 0 Å². The Bertz CT molecular complexity index is 38.7. The maximum absolute atomic E-state index is 3.27. The van der Waals surface area contributed by atoms with E-state index in [2.05, 4.69) is 12.0 Å². The van der Waals surface area contributed by atoms with Gasteiger partial charge >= 0.3 is 0 Å². The average Bonchev–Trinajstić information content (AvgIpc) is 1.61. The van der Waals surface area contributed by atoms with Crippen molar-refractivity contribution in [1.82, 2.24) is 10.1 Å². The summed E-state index contributed by atoms with van der Waals surface area (Å²) >= 11 is 0. The SMILES string of the molecule is CC[SiH2]NN(C)C. The van der Waals surface area contributed by atoms with Crippen LogP contribution in [0.3, 0.4) is 0 Å². The molecule has 0 fully saturated rings. The van der Waals surface area contributed by atoms with Crippen LogP contribution in [-0.2, 0) is 0 Å². The van der Waals surface area contributed by atoms with Crippen LogP contribution in [0.4, 0.5) is 0 Å². The van der Waals surface area contributed by atoms with Gasteiger partial charge in [-0.1, -0.05) is 13.0 Å². The first-order chi connectivity index (χ1) is 3.27. The van der Waals surface area contributed by atoms with Crippen molar-refractivity contribution < 1.29 is 0 Å². The van der Waals surface area contributed by atoms with E-state index in [-0.39, 0.29) is 9.68 Å². The Hall–Kier alpha value is 0.137. The fourth-order valence-electron chi connectivity index (χ4n) is 0.335. The first-order valence-electron chi connectivity index (χ1n) is 2.68. The summed E-state index contributed by atoms with van der Waals surface area (Å²) < 4.78 is 0. The third-order valence-electron chi connectivity index (χ3n) is 0.678. The molecule has 0 unspecified atom stereocenters. The van der Waals surface area contributed by atoms with Gasteiger partial charge in [-0.15, -0.1) is 0 Å². The molecule has 0 amide bonds. The maximum atomic E-state index is 3.27. The molecule has 44 valence electrons. The minimum absolute atomic E-state index is 0.0502. The van der Waals surface area contributed by atoms with Crippen LogP contribution >= 0.6 is 0 Å². The summed E-state index contributed by atoms with van der Waals surface area (Å²) in [5.41, 5.74) is 0. The molecule has 0 radical (unpaired) electrons. The molecule has 0 saturated carbocycles. The molecule has 0 aromatic rings. The highest BCUT2D eigenvalue weighted by molar-refractivity contribution is 6.31. The lowest BCUT2D eigenvalue weighted by Gasteiger charge is -2.08. The quantitative estimate of drug-likeness (QED) is 0.400. The Morgan fingerprint density at radius 2 is 2.14 bits per heavy atom. The van der Waals surface area contributed by atoms with Crippen LogP contribution in [-0.4, -0.2) is 28.8 Å². The standard InChI is InChI=1S/C4H14N2Si/c1-4-7-5-6(2)3/h5H,4,7H2,1-3H3. The number of nitrogens with one attached hydrogen (secondary N) is 1. The summed E-state index contributed by atoms with van der Waals surface area (Å²) in [5, 5.41) is 5.29. The van der Waals surface area contributed by atoms with Gasteiger partial charge in [0, 0.05) is 14.1 Å². The van der Waals surface area contributed by atoms with E-state index in [1.807, 2.05) is 19.1 Å². The number of hydrogen-bond donors (Lipinski definition) is 1. The fraction of sp³-hybridized carbons (Fsp3) is 1.00. The lowest BCUT2D eigenvalue weighted by molar-refractivity contribution is 0.373. The Balaban J connectivity index is 2.68.